The van der Waals surface area contributed by atoms with Gasteiger partial charge in [0.15, 0.2) is 0 Å². The topological polar surface area (TPSA) is 93.9 Å². The van der Waals surface area contributed by atoms with Crippen molar-refractivity contribution in [1.82, 2.24) is 9.78 Å². The Bertz CT molecular complexity index is 952. The van der Waals surface area contributed by atoms with Gasteiger partial charge in [-0.25, -0.2) is 17.4 Å². The Labute approximate surface area is 184 Å². The van der Waals surface area contributed by atoms with Gasteiger partial charge in [-0.05, 0) is 49.8 Å². The van der Waals surface area contributed by atoms with E-state index in [0.717, 1.165) is 26.1 Å². The van der Waals surface area contributed by atoms with Crippen molar-refractivity contribution >= 4 is 15.8 Å². The molecule has 0 unspecified atom stereocenters. The standard InChI is InChI=1S/C22H33N3O5S/c1-4-24-22(7-10-23-24)25(14-17(2)3)31(27,28)20-5-6-21(19(13-20)15-26)30-16-18-8-11-29-12-9-18/h5-7,10,13,17-18,26H,4,8-9,11-12,14-16H2,1-3H3. The molecule has 1 N–H and O–H groups in total. The lowest BCUT2D eigenvalue weighted by molar-refractivity contribution is 0.0494. The van der Waals surface area contributed by atoms with Crippen LogP contribution in [0, 0.1) is 11.8 Å². The Balaban J connectivity index is 1.87. The van der Waals surface area contributed by atoms with Crippen LogP contribution < -0.4 is 9.04 Å². The Morgan fingerprint density at radius 2 is 2.03 bits per heavy atom. The lowest BCUT2D eigenvalue weighted by atomic mass is 10.0. The summed E-state index contributed by atoms with van der Waals surface area (Å²) in [5.74, 6) is 1.57. The van der Waals surface area contributed by atoms with Crippen molar-refractivity contribution in [3.05, 3.63) is 36.0 Å². The molecule has 1 fully saturated rings. The second-order valence-electron chi connectivity index (χ2n) is 8.23. The average molecular weight is 452 g/mol. The van der Waals surface area contributed by atoms with Gasteiger partial charge in [0.1, 0.15) is 11.6 Å². The van der Waals surface area contributed by atoms with E-state index < -0.39 is 10.0 Å². The van der Waals surface area contributed by atoms with Gasteiger partial charge in [-0.3, -0.25) is 0 Å². The summed E-state index contributed by atoms with van der Waals surface area (Å²) in [6.45, 7) is 8.45. The predicted octanol–water partition coefficient (Wildman–Crippen LogP) is 3.05. The molecule has 8 nitrogen and oxygen atoms in total. The molecular formula is C22H33N3O5S. The Morgan fingerprint density at radius 3 is 2.68 bits per heavy atom. The number of aromatic nitrogens is 2. The SMILES string of the molecule is CCn1nccc1N(CC(C)C)S(=O)(=O)c1ccc(OCC2CCOCC2)c(CO)c1. The largest absolute Gasteiger partial charge is 0.493 e. The van der Waals surface area contributed by atoms with Crippen LogP contribution in [0.1, 0.15) is 39.2 Å². The van der Waals surface area contributed by atoms with E-state index in [1.807, 2.05) is 20.8 Å². The molecular weight excluding hydrogens is 418 g/mol. The molecule has 1 saturated heterocycles. The molecule has 0 aliphatic carbocycles. The molecule has 3 rings (SSSR count). The predicted molar refractivity (Wildman–Crippen MR) is 119 cm³/mol. The second-order valence-corrected chi connectivity index (χ2v) is 10.1. The smallest absolute Gasteiger partial charge is 0.265 e. The average Bonchev–Trinajstić information content (AvgIpc) is 3.24. The van der Waals surface area contributed by atoms with Crippen LogP contribution in [0.15, 0.2) is 35.4 Å². The molecule has 0 radical (unpaired) electrons. The van der Waals surface area contributed by atoms with Gasteiger partial charge in [0.2, 0.25) is 0 Å². The van der Waals surface area contributed by atoms with E-state index in [-0.39, 0.29) is 17.4 Å². The normalized spacial score (nSPS) is 15.4. The third-order valence-electron chi connectivity index (χ3n) is 5.39. The molecule has 0 amide bonds. The maximum Gasteiger partial charge on any atom is 0.265 e. The summed E-state index contributed by atoms with van der Waals surface area (Å²) in [4.78, 5) is 0.125. The Morgan fingerprint density at radius 1 is 1.29 bits per heavy atom. The summed E-state index contributed by atoms with van der Waals surface area (Å²) in [5, 5.41) is 14.1. The molecule has 9 heteroatoms. The number of anilines is 1. The van der Waals surface area contributed by atoms with Crippen LogP contribution in [0.25, 0.3) is 0 Å². The van der Waals surface area contributed by atoms with E-state index >= 15 is 0 Å². The van der Waals surface area contributed by atoms with Gasteiger partial charge in [0.25, 0.3) is 10.0 Å². The summed E-state index contributed by atoms with van der Waals surface area (Å²) in [6, 6.07) is 6.41. The fraction of sp³-hybridized carbons (Fsp3) is 0.591. The number of aliphatic hydroxyl groups excluding tert-OH is 1. The monoisotopic (exact) mass is 451 g/mol. The first-order valence-electron chi connectivity index (χ1n) is 10.9. The fourth-order valence-electron chi connectivity index (χ4n) is 3.66. The van der Waals surface area contributed by atoms with E-state index in [9.17, 15) is 13.5 Å². The molecule has 1 aliphatic rings. The van der Waals surface area contributed by atoms with Crippen molar-refractivity contribution in [2.45, 2.75) is 51.7 Å². The van der Waals surface area contributed by atoms with E-state index in [1.165, 1.54) is 10.4 Å². The summed E-state index contributed by atoms with van der Waals surface area (Å²) >= 11 is 0. The minimum atomic E-state index is -3.85. The van der Waals surface area contributed by atoms with Crippen molar-refractivity contribution < 1.29 is 23.0 Å². The quantitative estimate of drug-likeness (QED) is 0.597. The maximum atomic E-state index is 13.6. The first kappa shape index (κ1) is 23.6. The van der Waals surface area contributed by atoms with Crippen molar-refractivity contribution in [3.63, 3.8) is 0 Å². The lowest BCUT2D eigenvalue weighted by Gasteiger charge is -2.27. The highest BCUT2D eigenvalue weighted by molar-refractivity contribution is 7.92. The zero-order valence-electron chi connectivity index (χ0n) is 18.5. The van der Waals surface area contributed by atoms with Crippen LogP contribution in [-0.4, -0.2) is 49.7 Å². The number of hydrogen-bond donors (Lipinski definition) is 1. The first-order chi connectivity index (χ1) is 14.9. The van der Waals surface area contributed by atoms with Crippen LogP contribution in [0.2, 0.25) is 0 Å². The number of aryl methyl sites for hydroxylation is 1. The van der Waals surface area contributed by atoms with Gasteiger partial charge < -0.3 is 14.6 Å². The zero-order valence-corrected chi connectivity index (χ0v) is 19.3. The Hall–Kier alpha value is -2.10. The molecule has 2 aromatic rings. The maximum absolute atomic E-state index is 13.6. The van der Waals surface area contributed by atoms with Crippen LogP contribution in [0.4, 0.5) is 5.82 Å². The highest BCUT2D eigenvalue weighted by Gasteiger charge is 2.29. The first-order valence-corrected chi connectivity index (χ1v) is 12.3. The van der Waals surface area contributed by atoms with Crippen LogP contribution >= 0.6 is 0 Å². The van der Waals surface area contributed by atoms with Gasteiger partial charge in [0, 0.05) is 37.9 Å². The number of sulfonamides is 1. The third-order valence-corrected chi connectivity index (χ3v) is 7.15. The number of rotatable bonds is 10. The molecule has 172 valence electrons. The van der Waals surface area contributed by atoms with E-state index in [0.29, 0.717) is 42.7 Å². The van der Waals surface area contributed by atoms with Crippen LogP contribution in [0.3, 0.4) is 0 Å². The van der Waals surface area contributed by atoms with Crippen molar-refractivity contribution in [1.29, 1.82) is 0 Å². The van der Waals surface area contributed by atoms with Gasteiger partial charge >= 0.3 is 0 Å². The van der Waals surface area contributed by atoms with Crippen molar-refractivity contribution in [2.75, 3.05) is 30.7 Å². The van der Waals surface area contributed by atoms with Crippen molar-refractivity contribution in [3.8, 4) is 5.75 Å². The summed E-state index contributed by atoms with van der Waals surface area (Å²) in [5.41, 5.74) is 0.460. The number of nitrogens with zero attached hydrogens (tertiary/aromatic N) is 3. The van der Waals surface area contributed by atoms with Crippen LogP contribution in [-0.2, 0) is 27.9 Å². The van der Waals surface area contributed by atoms with Gasteiger partial charge in [-0.2, -0.15) is 5.10 Å². The molecule has 0 bridgehead atoms. The lowest BCUT2D eigenvalue weighted by Crippen LogP contribution is -2.36. The Kier molecular flexibility index (Phi) is 7.96. The molecule has 2 heterocycles. The summed E-state index contributed by atoms with van der Waals surface area (Å²) in [7, 11) is -3.85. The second kappa shape index (κ2) is 10.5. The number of benzene rings is 1. The molecule has 1 aromatic carbocycles. The molecule has 0 atom stereocenters. The van der Waals surface area contributed by atoms with Gasteiger partial charge in [-0.1, -0.05) is 13.8 Å². The number of aliphatic hydroxyl groups is 1. The van der Waals surface area contributed by atoms with E-state index in [1.54, 1.807) is 29.1 Å². The fourth-order valence-corrected chi connectivity index (χ4v) is 5.34. The number of hydrogen-bond acceptors (Lipinski definition) is 6. The van der Waals surface area contributed by atoms with Crippen molar-refractivity contribution in [2.24, 2.45) is 11.8 Å². The summed E-state index contributed by atoms with van der Waals surface area (Å²) in [6.07, 6.45) is 3.49. The van der Waals surface area contributed by atoms with Gasteiger partial charge in [-0.15, -0.1) is 0 Å². The van der Waals surface area contributed by atoms with E-state index in [2.05, 4.69) is 5.10 Å². The zero-order chi connectivity index (χ0) is 22.4. The molecule has 31 heavy (non-hydrogen) atoms. The third kappa shape index (κ3) is 5.58. The summed E-state index contributed by atoms with van der Waals surface area (Å²) < 4.78 is 41.5. The van der Waals surface area contributed by atoms with Crippen LogP contribution in [0.5, 0.6) is 5.75 Å². The molecule has 0 saturated carbocycles. The molecule has 0 spiro atoms. The van der Waals surface area contributed by atoms with E-state index in [4.69, 9.17) is 9.47 Å². The number of ether oxygens (including phenoxy) is 2. The minimum Gasteiger partial charge on any atom is -0.493 e. The molecule has 1 aromatic heterocycles. The highest BCUT2D eigenvalue weighted by Crippen LogP contribution is 2.29. The van der Waals surface area contributed by atoms with Gasteiger partial charge in [0.05, 0.1) is 24.3 Å². The minimum absolute atomic E-state index is 0.120. The highest BCUT2D eigenvalue weighted by atomic mass is 32.2. The molecule has 1 aliphatic heterocycles.